The third-order valence-electron chi connectivity index (χ3n) is 5.44. The Labute approximate surface area is 178 Å². The van der Waals surface area contributed by atoms with Gasteiger partial charge in [0.2, 0.25) is 5.91 Å². The lowest BCUT2D eigenvalue weighted by Crippen LogP contribution is -2.38. The first kappa shape index (κ1) is 22.0. The molecule has 160 valence electrons. The minimum atomic E-state index is -0.211. The topological polar surface area (TPSA) is 70.7 Å². The third kappa shape index (κ3) is 7.90. The summed E-state index contributed by atoms with van der Waals surface area (Å²) in [5.74, 6) is 2.23. The van der Waals surface area contributed by atoms with Crippen molar-refractivity contribution in [1.29, 1.82) is 0 Å². The van der Waals surface area contributed by atoms with Crippen LogP contribution < -0.4 is 10.6 Å². The average molecular weight is 420 g/mol. The first-order valence-corrected chi connectivity index (χ1v) is 12.0. The number of amides is 3. The van der Waals surface area contributed by atoms with Crippen molar-refractivity contribution in [3.05, 3.63) is 29.8 Å². The number of carbonyl (C=O) groups excluding carboxylic acids is 2. The maximum absolute atomic E-state index is 12.3. The standard InChI is InChI=1S/C22H33N3O3S/c26-21(25-12-15-29-16-13-25)17-18-7-9-19(10-8-18)24-22(27)23-11-4-14-28-20-5-2-1-3-6-20/h7-10,20H,1-6,11-17H2,(H2,23,24,27). The fraction of sp³-hybridized carbons (Fsp3) is 0.636. The van der Waals surface area contributed by atoms with Gasteiger partial charge >= 0.3 is 6.03 Å². The summed E-state index contributed by atoms with van der Waals surface area (Å²) < 4.78 is 5.87. The highest BCUT2D eigenvalue weighted by molar-refractivity contribution is 7.99. The van der Waals surface area contributed by atoms with Gasteiger partial charge in [-0.3, -0.25) is 4.79 Å². The number of benzene rings is 1. The van der Waals surface area contributed by atoms with E-state index < -0.39 is 0 Å². The molecule has 1 heterocycles. The fourth-order valence-corrected chi connectivity index (χ4v) is 4.64. The van der Waals surface area contributed by atoms with Crippen LogP contribution >= 0.6 is 11.8 Å². The van der Waals surface area contributed by atoms with Crippen LogP contribution in [-0.2, 0) is 16.0 Å². The molecule has 1 aliphatic heterocycles. The molecular formula is C22H33N3O3S. The second-order valence-corrected chi connectivity index (χ2v) is 8.96. The fourth-order valence-electron chi connectivity index (χ4n) is 3.74. The second-order valence-electron chi connectivity index (χ2n) is 7.73. The van der Waals surface area contributed by atoms with E-state index in [2.05, 4.69) is 10.6 Å². The van der Waals surface area contributed by atoms with Crippen molar-refractivity contribution in [1.82, 2.24) is 10.2 Å². The van der Waals surface area contributed by atoms with E-state index in [0.29, 0.717) is 25.7 Å². The summed E-state index contributed by atoms with van der Waals surface area (Å²) in [4.78, 5) is 26.3. The molecule has 2 N–H and O–H groups in total. The van der Waals surface area contributed by atoms with Crippen LogP contribution in [-0.4, -0.2) is 60.7 Å². The van der Waals surface area contributed by atoms with Crippen LogP contribution in [0.25, 0.3) is 0 Å². The van der Waals surface area contributed by atoms with Gasteiger partial charge in [-0.05, 0) is 37.0 Å². The van der Waals surface area contributed by atoms with Crippen molar-refractivity contribution in [2.75, 3.05) is 43.1 Å². The summed E-state index contributed by atoms with van der Waals surface area (Å²) in [5.41, 5.74) is 1.70. The van der Waals surface area contributed by atoms with E-state index in [9.17, 15) is 9.59 Å². The molecule has 2 fully saturated rings. The van der Waals surface area contributed by atoms with E-state index in [0.717, 1.165) is 42.3 Å². The van der Waals surface area contributed by atoms with E-state index in [1.165, 1.54) is 32.1 Å². The highest BCUT2D eigenvalue weighted by atomic mass is 32.2. The summed E-state index contributed by atoms with van der Waals surface area (Å²) in [5, 5.41) is 5.70. The Balaban J connectivity index is 1.30. The molecule has 0 atom stereocenters. The Bertz CT molecular complexity index is 641. The lowest BCUT2D eigenvalue weighted by molar-refractivity contribution is -0.130. The van der Waals surface area contributed by atoms with E-state index in [4.69, 9.17) is 4.74 Å². The summed E-state index contributed by atoms with van der Waals surface area (Å²) in [6, 6.07) is 7.30. The minimum absolute atomic E-state index is 0.180. The van der Waals surface area contributed by atoms with Crippen LogP contribution in [0.2, 0.25) is 0 Å². The van der Waals surface area contributed by atoms with Gasteiger partial charge in [0.15, 0.2) is 0 Å². The zero-order chi connectivity index (χ0) is 20.3. The van der Waals surface area contributed by atoms with Crippen LogP contribution in [0.15, 0.2) is 24.3 Å². The largest absolute Gasteiger partial charge is 0.378 e. The maximum atomic E-state index is 12.3. The van der Waals surface area contributed by atoms with E-state index in [1.54, 1.807) is 0 Å². The van der Waals surface area contributed by atoms with Crippen molar-refractivity contribution < 1.29 is 14.3 Å². The number of ether oxygens (including phenoxy) is 1. The van der Waals surface area contributed by atoms with Gasteiger partial charge in [0.1, 0.15) is 0 Å². The molecule has 0 bridgehead atoms. The lowest BCUT2D eigenvalue weighted by Gasteiger charge is -2.26. The molecule has 0 spiro atoms. The molecule has 6 nitrogen and oxygen atoms in total. The van der Waals surface area contributed by atoms with Crippen LogP contribution in [0.4, 0.5) is 10.5 Å². The predicted octanol–water partition coefficient (Wildman–Crippen LogP) is 3.67. The molecule has 3 rings (SSSR count). The maximum Gasteiger partial charge on any atom is 0.319 e. The SMILES string of the molecule is O=C(NCCCOC1CCCCC1)Nc1ccc(CC(=O)N2CCSCC2)cc1. The number of urea groups is 1. The number of carbonyl (C=O) groups is 2. The number of hydrogen-bond donors (Lipinski definition) is 2. The first-order valence-electron chi connectivity index (χ1n) is 10.8. The monoisotopic (exact) mass is 419 g/mol. The molecule has 1 aromatic carbocycles. The molecule has 2 aliphatic rings. The van der Waals surface area contributed by atoms with Crippen LogP contribution in [0.3, 0.4) is 0 Å². The van der Waals surface area contributed by atoms with Crippen LogP contribution in [0.1, 0.15) is 44.1 Å². The number of rotatable bonds is 8. The van der Waals surface area contributed by atoms with Gasteiger partial charge in [-0.2, -0.15) is 11.8 Å². The Morgan fingerprint density at radius 1 is 1.07 bits per heavy atom. The van der Waals surface area contributed by atoms with Crippen molar-refractivity contribution >= 4 is 29.4 Å². The summed E-state index contributed by atoms with van der Waals surface area (Å²) in [6.45, 7) is 2.98. The van der Waals surface area contributed by atoms with E-state index >= 15 is 0 Å². The molecule has 1 aliphatic carbocycles. The van der Waals surface area contributed by atoms with E-state index in [1.807, 2.05) is 40.9 Å². The van der Waals surface area contributed by atoms with Crippen molar-refractivity contribution in [3.63, 3.8) is 0 Å². The van der Waals surface area contributed by atoms with Crippen molar-refractivity contribution in [2.45, 2.75) is 51.0 Å². The molecule has 1 saturated heterocycles. The molecule has 7 heteroatoms. The van der Waals surface area contributed by atoms with Crippen LogP contribution in [0.5, 0.6) is 0 Å². The Kier molecular flexibility index (Phi) is 9.15. The Morgan fingerprint density at radius 2 is 1.79 bits per heavy atom. The number of nitrogens with zero attached hydrogens (tertiary/aromatic N) is 1. The smallest absolute Gasteiger partial charge is 0.319 e. The number of hydrogen-bond acceptors (Lipinski definition) is 4. The highest BCUT2D eigenvalue weighted by Gasteiger charge is 2.17. The Hall–Kier alpha value is -1.73. The van der Waals surface area contributed by atoms with Gasteiger partial charge in [-0.1, -0.05) is 31.4 Å². The third-order valence-corrected chi connectivity index (χ3v) is 6.39. The average Bonchev–Trinajstić information content (AvgIpc) is 2.76. The van der Waals surface area contributed by atoms with Gasteiger partial charge in [0.25, 0.3) is 0 Å². The zero-order valence-corrected chi connectivity index (χ0v) is 18.0. The molecule has 0 unspecified atom stereocenters. The highest BCUT2D eigenvalue weighted by Crippen LogP contribution is 2.20. The number of thioether (sulfide) groups is 1. The van der Waals surface area contributed by atoms with E-state index in [-0.39, 0.29) is 11.9 Å². The van der Waals surface area contributed by atoms with Gasteiger partial charge in [0, 0.05) is 43.4 Å². The summed E-state index contributed by atoms with van der Waals surface area (Å²) in [7, 11) is 0. The molecule has 3 amide bonds. The van der Waals surface area contributed by atoms with Crippen molar-refractivity contribution in [2.24, 2.45) is 0 Å². The van der Waals surface area contributed by atoms with Gasteiger partial charge in [-0.15, -0.1) is 0 Å². The minimum Gasteiger partial charge on any atom is -0.378 e. The number of anilines is 1. The summed E-state index contributed by atoms with van der Waals surface area (Å²) in [6.07, 6.45) is 7.87. The molecule has 29 heavy (non-hydrogen) atoms. The van der Waals surface area contributed by atoms with Crippen LogP contribution in [0, 0.1) is 0 Å². The summed E-state index contributed by atoms with van der Waals surface area (Å²) >= 11 is 1.90. The lowest BCUT2D eigenvalue weighted by atomic mass is 9.98. The molecule has 1 aromatic rings. The molecule has 1 saturated carbocycles. The van der Waals surface area contributed by atoms with Gasteiger partial charge in [-0.25, -0.2) is 4.79 Å². The van der Waals surface area contributed by atoms with Gasteiger partial charge < -0.3 is 20.3 Å². The molecule has 0 radical (unpaired) electrons. The second kappa shape index (κ2) is 12.1. The molecule has 0 aromatic heterocycles. The first-order chi connectivity index (χ1) is 14.2. The quantitative estimate of drug-likeness (QED) is 0.631. The zero-order valence-electron chi connectivity index (χ0n) is 17.2. The van der Waals surface area contributed by atoms with Gasteiger partial charge in [0.05, 0.1) is 12.5 Å². The molecular weight excluding hydrogens is 386 g/mol. The normalized spacial score (nSPS) is 17.7. The predicted molar refractivity (Wildman–Crippen MR) is 119 cm³/mol. The van der Waals surface area contributed by atoms with Crippen molar-refractivity contribution in [3.8, 4) is 0 Å². The Morgan fingerprint density at radius 3 is 2.52 bits per heavy atom. The number of nitrogens with one attached hydrogen (secondary N) is 2.